The second-order valence-corrected chi connectivity index (χ2v) is 7.56. The molecule has 0 aliphatic heterocycles. The average Bonchev–Trinajstić information content (AvgIpc) is 2.65. The number of hydrogen-bond acceptors (Lipinski definition) is 0. The molecule has 0 bridgehead atoms. The molecule has 4 aliphatic rings. The third-order valence-corrected chi connectivity index (χ3v) is 6.52. The van der Waals surface area contributed by atoms with Crippen LogP contribution in [0, 0.1) is 0 Å². The second-order valence-electron chi connectivity index (χ2n) is 7.56. The fourth-order valence-electron chi connectivity index (χ4n) is 5.49. The molecule has 3 aromatic rings. The number of allylic oxidation sites excluding steroid dienone is 6. The predicted octanol–water partition coefficient (Wildman–Crippen LogP) is 5.41. The molecule has 24 heavy (non-hydrogen) atoms. The van der Waals surface area contributed by atoms with Crippen LogP contribution in [0.2, 0.25) is 0 Å². The van der Waals surface area contributed by atoms with Gasteiger partial charge in [-0.2, -0.15) is 0 Å². The van der Waals surface area contributed by atoms with Gasteiger partial charge in [-0.15, -0.1) is 0 Å². The zero-order valence-electron chi connectivity index (χ0n) is 13.4. The minimum absolute atomic E-state index is 1.09. The summed E-state index contributed by atoms with van der Waals surface area (Å²) in [6.07, 6.45) is 14.3. The molecule has 0 unspecified atom stereocenters. The Bertz CT molecular complexity index is 1280. The van der Waals surface area contributed by atoms with Crippen molar-refractivity contribution in [3.8, 4) is 0 Å². The molecule has 0 heterocycles. The van der Waals surface area contributed by atoms with Gasteiger partial charge in [0.1, 0.15) is 0 Å². The first-order chi connectivity index (χ1) is 11.9. The van der Waals surface area contributed by atoms with E-state index in [1.165, 1.54) is 26.9 Å². The maximum absolute atomic E-state index is 2.49. The quantitative estimate of drug-likeness (QED) is 0.521. The van der Waals surface area contributed by atoms with Crippen molar-refractivity contribution in [1.29, 1.82) is 0 Å². The van der Waals surface area contributed by atoms with Crippen molar-refractivity contribution < 1.29 is 0 Å². The zero-order chi connectivity index (χ0) is 15.4. The van der Waals surface area contributed by atoms with Crippen LogP contribution in [-0.4, -0.2) is 0 Å². The molecule has 0 radical (unpaired) electrons. The molecule has 7 rings (SSSR count). The summed E-state index contributed by atoms with van der Waals surface area (Å²) in [7, 11) is 0. The summed E-state index contributed by atoms with van der Waals surface area (Å²) in [5.74, 6) is 0. The fraction of sp³-hybridized carbons (Fsp3) is 0.167. The topological polar surface area (TPSA) is 0 Å². The first-order valence-electron chi connectivity index (χ1n) is 9.02. The first kappa shape index (κ1) is 11.9. The van der Waals surface area contributed by atoms with Crippen molar-refractivity contribution in [2.45, 2.75) is 25.7 Å². The van der Waals surface area contributed by atoms with Crippen LogP contribution in [0.3, 0.4) is 0 Å². The molecule has 0 saturated heterocycles. The van der Waals surface area contributed by atoms with Gasteiger partial charge in [0, 0.05) is 0 Å². The van der Waals surface area contributed by atoms with E-state index >= 15 is 0 Å². The van der Waals surface area contributed by atoms with Crippen LogP contribution in [0.25, 0.3) is 44.3 Å². The minimum Gasteiger partial charge on any atom is -0.0759 e. The second kappa shape index (κ2) is 3.72. The summed E-state index contributed by atoms with van der Waals surface area (Å²) in [6, 6.07) is 9.35. The van der Waals surface area contributed by atoms with Crippen LogP contribution in [0.15, 0.2) is 42.5 Å². The van der Waals surface area contributed by atoms with Gasteiger partial charge in [0.05, 0.1) is 0 Å². The molecule has 112 valence electrons. The summed E-state index contributed by atoms with van der Waals surface area (Å²) >= 11 is 0. The maximum atomic E-state index is 2.49. The van der Waals surface area contributed by atoms with Gasteiger partial charge >= 0.3 is 0 Å². The van der Waals surface area contributed by atoms with E-state index in [-0.39, 0.29) is 0 Å². The van der Waals surface area contributed by atoms with E-state index in [9.17, 15) is 0 Å². The zero-order valence-corrected chi connectivity index (χ0v) is 13.4. The normalized spacial score (nSPS) is 19.2. The van der Waals surface area contributed by atoms with Crippen LogP contribution >= 0.6 is 0 Å². The Labute approximate surface area is 140 Å². The molecule has 0 fully saturated rings. The number of benzene rings is 3. The van der Waals surface area contributed by atoms with Gasteiger partial charge in [-0.1, -0.05) is 48.6 Å². The Morgan fingerprint density at radius 2 is 1.17 bits per heavy atom. The summed E-state index contributed by atoms with van der Waals surface area (Å²) in [4.78, 5) is 0. The molecule has 0 nitrogen and oxygen atoms in total. The van der Waals surface area contributed by atoms with Crippen molar-refractivity contribution in [2.24, 2.45) is 0 Å². The Morgan fingerprint density at radius 3 is 2.04 bits per heavy atom. The Kier molecular flexibility index (Phi) is 1.84. The number of hydrogen-bond donors (Lipinski definition) is 0. The lowest BCUT2D eigenvalue weighted by molar-refractivity contribution is 1.18. The van der Waals surface area contributed by atoms with E-state index in [0.717, 1.165) is 25.7 Å². The highest BCUT2D eigenvalue weighted by atomic mass is 14.3. The van der Waals surface area contributed by atoms with Crippen molar-refractivity contribution >= 4 is 44.3 Å². The highest BCUT2D eigenvalue weighted by Crippen LogP contribution is 2.52. The standard InChI is InChI=1S/C24H16/c1-2-14-5-6-16-9-11-18-12-10-17-8-7-15-4-3-13(1)19-20(14)22(16)24(18)23(17)21(15)19/h1-5,8-9,12H,6-7,10-11H2. The van der Waals surface area contributed by atoms with Gasteiger partial charge in [0.25, 0.3) is 0 Å². The monoisotopic (exact) mass is 304 g/mol. The van der Waals surface area contributed by atoms with Crippen molar-refractivity contribution in [3.63, 3.8) is 0 Å². The third kappa shape index (κ3) is 1.16. The smallest absolute Gasteiger partial charge is 0.00174 e. The summed E-state index contributed by atoms with van der Waals surface area (Å²) in [5, 5.41) is 7.45. The lowest BCUT2D eigenvalue weighted by Gasteiger charge is -2.34. The first-order valence-corrected chi connectivity index (χ1v) is 9.02. The lowest BCUT2D eigenvalue weighted by atomic mass is 9.69. The highest BCUT2D eigenvalue weighted by molar-refractivity contribution is 6.23. The predicted molar refractivity (Wildman–Crippen MR) is 103 cm³/mol. The molecule has 0 amide bonds. The van der Waals surface area contributed by atoms with Gasteiger partial charge in [-0.05, 0) is 91.4 Å². The van der Waals surface area contributed by atoms with Crippen molar-refractivity contribution in [2.75, 3.05) is 0 Å². The highest BCUT2D eigenvalue weighted by Gasteiger charge is 2.32. The van der Waals surface area contributed by atoms with Gasteiger partial charge < -0.3 is 0 Å². The summed E-state index contributed by atoms with van der Waals surface area (Å²) in [5.41, 5.74) is 10.9. The number of rotatable bonds is 0. The molecule has 4 aliphatic carbocycles. The van der Waals surface area contributed by atoms with E-state index < -0.39 is 0 Å². The maximum Gasteiger partial charge on any atom is -0.00174 e. The molecule has 0 aromatic heterocycles. The van der Waals surface area contributed by atoms with Crippen LogP contribution in [0.5, 0.6) is 0 Å². The molecule has 3 aromatic carbocycles. The Balaban J connectivity index is 1.93. The van der Waals surface area contributed by atoms with Crippen LogP contribution in [0.4, 0.5) is 0 Å². The van der Waals surface area contributed by atoms with Gasteiger partial charge in [-0.25, -0.2) is 0 Å². The molecule has 0 atom stereocenters. The Hall–Kier alpha value is -2.60. The van der Waals surface area contributed by atoms with Crippen LogP contribution < -0.4 is 5.22 Å². The SMILES string of the molecule is C1=C2CC=C3CC=c4ccc5ccc6c7c(c2c3c4c57)C(=CC6)C1. The van der Waals surface area contributed by atoms with E-state index in [2.05, 4.69) is 48.6 Å². The molecular weight excluding hydrogens is 288 g/mol. The Morgan fingerprint density at radius 1 is 0.500 bits per heavy atom. The van der Waals surface area contributed by atoms with E-state index in [1.807, 2.05) is 0 Å². The molecule has 0 heteroatoms. The average molecular weight is 304 g/mol. The molecule has 0 saturated carbocycles. The summed E-state index contributed by atoms with van der Waals surface area (Å²) < 4.78 is 0. The van der Waals surface area contributed by atoms with E-state index in [4.69, 9.17) is 0 Å². The van der Waals surface area contributed by atoms with Crippen LogP contribution in [0.1, 0.15) is 41.5 Å². The van der Waals surface area contributed by atoms with Crippen LogP contribution in [-0.2, 0) is 6.42 Å². The van der Waals surface area contributed by atoms with E-state index in [0.29, 0.717) is 0 Å². The van der Waals surface area contributed by atoms with Gasteiger partial charge in [0.2, 0.25) is 0 Å². The van der Waals surface area contributed by atoms with Gasteiger partial charge in [0.15, 0.2) is 0 Å². The van der Waals surface area contributed by atoms with E-state index in [1.54, 1.807) is 38.8 Å². The summed E-state index contributed by atoms with van der Waals surface area (Å²) in [6.45, 7) is 0. The van der Waals surface area contributed by atoms with Gasteiger partial charge in [-0.3, -0.25) is 0 Å². The lowest BCUT2D eigenvalue weighted by Crippen LogP contribution is -2.18. The molecule has 0 spiro atoms. The molecule has 0 N–H and O–H groups in total. The molecular formula is C24H16. The fourth-order valence-corrected chi connectivity index (χ4v) is 5.49. The largest absolute Gasteiger partial charge is 0.0759 e. The third-order valence-electron chi connectivity index (χ3n) is 6.52. The van der Waals surface area contributed by atoms with Crippen molar-refractivity contribution in [3.05, 3.63) is 70.0 Å². The minimum atomic E-state index is 1.09. The van der Waals surface area contributed by atoms with Crippen molar-refractivity contribution in [1.82, 2.24) is 0 Å².